The average molecular weight is 285 g/mol. The summed E-state index contributed by atoms with van der Waals surface area (Å²) < 4.78 is 13.5. The Morgan fingerprint density at radius 3 is 2.95 bits per heavy atom. The zero-order valence-corrected chi connectivity index (χ0v) is 10.8. The van der Waals surface area contributed by atoms with Crippen molar-refractivity contribution in [2.24, 2.45) is 5.73 Å². The quantitative estimate of drug-likeness (QED) is 0.572. The Hall–Kier alpha value is -1.85. The first-order valence-corrected chi connectivity index (χ1v) is 5.83. The molecule has 0 radical (unpaired) electrons. The Bertz CT molecular complexity index is 517. The fourth-order valence-corrected chi connectivity index (χ4v) is 1.38. The van der Waals surface area contributed by atoms with Crippen LogP contribution in [-0.4, -0.2) is 23.6 Å². The summed E-state index contributed by atoms with van der Waals surface area (Å²) >= 11 is 5.60. The number of rotatable bonds is 5. The minimum Gasteiger partial charge on any atom is -0.511 e. The normalized spacial score (nSPS) is 12.4. The first-order chi connectivity index (χ1) is 8.91. The second-order valence-electron chi connectivity index (χ2n) is 3.82. The molecule has 1 aromatic rings. The number of aliphatic hydroxyl groups is 1. The largest absolute Gasteiger partial charge is 0.511 e. The van der Waals surface area contributed by atoms with E-state index >= 15 is 0 Å². The first-order valence-electron chi connectivity index (χ1n) is 5.45. The van der Waals surface area contributed by atoms with Crippen molar-refractivity contribution in [3.63, 3.8) is 0 Å². The van der Waals surface area contributed by atoms with E-state index in [1.807, 2.05) is 0 Å². The molecule has 4 N–H and O–H groups in total. The smallest absolute Gasteiger partial charge is 0.244 e. The number of hydrogen-bond donors (Lipinski definition) is 3. The lowest BCUT2D eigenvalue weighted by Gasteiger charge is -2.09. The molecule has 0 aliphatic carbocycles. The van der Waals surface area contributed by atoms with Gasteiger partial charge in [0.25, 0.3) is 0 Å². The molecule has 0 saturated carbocycles. The van der Waals surface area contributed by atoms with Gasteiger partial charge in [0.15, 0.2) is 0 Å². The number of amides is 1. The molecule has 19 heavy (non-hydrogen) atoms. The standard InChI is InChI=1S/C13H14ClFN2O2/c1-8(18)11(16)7-17-12(19)6-5-9-3-2-4-10(14)13(9)15/h2-6,11,18H,1,7,16H2,(H,17,19)/b6-5+. The van der Waals surface area contributed by atoms with Crippen LogP contribution in [0, 0.1) is 5.82 Å². The molecule has 1 atom stereocenters. The van der Waals surface area contributed by atoms with E-state index in [1.54, 1.807) is 6.07 Å². The zero-order valence-electron chi connectivity index (χ0n) is 10.1. The van der Waals surface area contributed by atoms with Gasteiger partial charge in [-0.15, -0.1) is 0 Å². The molecule has 0 fully saturated rings. The van der Waals surface area contributed by atoms with Gasteiger partial charge in [-0.05, 0) is 12.1 Å². The monoisotopic (exact) mass is 284 g/mol. The topological polar surface area (TPSA) is 75.3 Å². The number of carbonyl (C=O) groups excluding carboxylic acids is 1. The Kier molecular flexibility index (Phi) is 5.54. The van der Waals surface area contributed by atoms with Crippen molar-refractivity contribution in [3.8, 4) is 0 Å². The van der Waals surface area contributed by atoms with Crippen molar-refractivity contribution >= 4 is 23.6 Å². The van der Waals surface area contributed by atoms with E-state index in [4.69, 9.17) is 22.4 Å². The summed E-state index contributed by atoms with van der Waals surface area (Å²) in [6.07, 6.45) is 2.46. The van der Waals surface area contributed by atoms with Crippen LogP contribution < -0.4 is 11.1 Å². The molecule has 6 heteroatoms. The van der Waals surface area contributed by atoms with Gasteiger partial charge in [-0.1, -0.05) is 30.3 Å². The molecule has 0 aliphatic heterocycles. The number of aliphatic hydroxyl groups excluding tert-OH is 1. The molecule has 0 heterocycles. The summed E-state index contributed by atoms with van der Waals surface area (Å²) in [5.41, 5.74) is 5.66. The molecule has 0 aliphatic rings. The summed E-state index contributed by atoms with van der Waals surface area (Å²) in [7, 11) is 0. The SMILES string of the molecule is C=C(O)C(N)CNC(=O)/C=C/c1cccc(Cl)c1F. The first kappa shape index (κ1) is 15.2. The molecular weight excluding hydrogens is 271 g/mol. The van der Waals surface area contributed by atoms with Gasteiger partial charge in [0, 0.05) is 18.2 Å². The average Bonchev–Trinajstić information content (AvgIpc) is 2.37. The van der Waals surface area contributed by atoms with Crippen LogP contribution in [0.3, 0.4) is 0 Å². The van der Waals surface area contributed by atoms with E-state index in [1.165, 1.54) is 18.2 Å². The number of nitrogens with one attached hydrogen (secondary N) is 1. The summed E-state index contributed by atoms with van der Waals surface area (Å²) in [6, 6.07) is 3.75. The van der Waals surface area contributed by atoms with Crippen LogP contribution in [0.15, 0.2) is 36.6 Å². The van der Waals surface area contributed by atoms with E-state index in [-0.39, 0.29) is 22.9 Å². The number of halogens is 2. The van der Waals surface area contributed by atoms with Crippen molar-refractivity contribution in [1.82, 2.24) is 5.32 Å². The van der Waals surface area contributed by atoms with Gasteiger partial charge in [-0.3, -0.25) is 4.79 Å². The predicted octanol–water partition coefficient (Wildman–Crippen LogP) is 2.01. The highest BCUT2D eigenvalue weighted by atomic mass is 35.5. The van der Waals surface area contributed by atoms with Gasteiger partial charge in [0.2, 0.25) is 5.91 Å². The van der Waals surface area contributed by atoms with Crippen LogP contribution in [0.1, 0.15) is 5.56 Å². The molecule has 1 unspecified atom stereocenters. The second kappa shape index (κ2) is 6.92. The van der Waals surface area contributed by atoms with Crippen LogP contribution in [-0.2, 0) is 4.79 Å². The van der Waals surface area contributed by atoms with Gasteiger partial charge in [-0.25, -0.2) is 4.39 Å². The molecule has 102 valence electrons. The Morgan fingerprint density at radius 1 is 1.63 bits per heavy atom. The summed E-state index contributed by atoms with van der Waals surface area (Å²) in [5, 5.41) is 11.4. The van der Waals surface area contributed by atoms with Crippen molar-refractivity contribution in [2.75, 3.05) is 6.54 Å². The highest BCUT2D eigenvalue weighted by molar-refractivity contribution is 6.30. The second-order valence-corrected chi connectivity index (χ2v) is 4.23. The molecular formula is C13H14ClFN2O2. The summed E-state index contributed by atoms with van der Waals surface area (Å²) in [6.45, 7) is 3.28. The third-order valence-corrected chi connectivity index (χ3v) is 2.61. The van der Waals surface area contributed by atoms with Gasteiger partial charge in [0.1, 0.15) is 11.6 Å². The fourth-order valence-electron chi connectivity index (χ4n) is 1.20. The Morgan fingerprint density at radius 2 is 2.32 bits per heavy atom. The van der Waals surface area contributed by atoms with Crippen molar-refractivity contribution < 1.29 is 14.3 Å². The highest BCUT2D eigenvalue weighted by Crippen LogP contribution is 2.18. The number of nitrogens with two attached hydrogens (primary N) is 1. The third-order valence-electron chi connectivity index (χ3n) is 2.32. The maximum Gasteiger partial charge on any atom is 0.244 e. The van der Waals surface area contributed by atoms with Gasteiger partial charge >= 0.3 is 0 Å². The van der Waals surface area contributed by atoms with Crippen LogP contribution >= 0.6 is 11.6 Å². The Balaban J connectivity index is 2.59. The lowest BCUT2D eigenvalue weighted by atomic mass is 10.2. The van der Waals surface area contributed by atoms with E-state index in [0.717, 1.165) is 6.08 Å². The predicted molar refractivity (Wildman–Crippen MR) is 73.2 cm³/mol. The molecule has 4 nitrogen and oxygen atoms in total. The summed E-state index contributed by atoms with van der Waals surface area (Å²) in [4.78, 5) is 11.4. The van der Waals surface area contributed by atoms with E-state index in [9.17, 15) is 9.18 Å². The van der Waals surface area contributed by atoms with E-state index in [2.05, 4.69) is 11.9 Å². The molecule has 1 amide bonds. The fraction of sp³-hybridized carbons (Fsp3) is 0.154. The lowest BCUT2D eigenvalue weighted by Crippen LogP contribution is -2.37. The molecule has 0 bridgehead atoms. The number of benzene rings is 1. The van der Waals surface area contributed by atoms with Crippen molar-refractivity contribution in [2.45, 2.75) is 6.04 Å². The molecule has 0 aromatic heterocycles. The third kappa shape index (κ3) is 4.73. The van der Waals surface area contributed by atoms with Gasteiger partial charge in [0.05, 0.1) is 11.1 Å². The van der Waals surface area contributed by atoms with Crippen LogP contribution in [0.25, 0.3) is 6.08 Å². The van der Waals surface area contributed by atoms with Gasteiger partial charge < -0.3 is 16.2 Å². The number of hydrogen-bond acceptors (Lipinski definition) is 3. The number of carbonyl (C=O) groups is 1. The zero-order chi connectivity index (χ0) is 14.4. The van der Waals surface area contributed by atoms with Gasteiger partial charge in [-0.2, -0.15) is 0 Å². The highest BCUT2D eigenvalue weighted by Gasteiger charge is 2.07. The molecule has 0 saturated heterocycles. The minimum absolute atomic E-state index is 0.0128. The lowest BCUT2D eigenvalue weighted by molar-refractivity contribution is -0.116. The molecule has 1 aromatic carbocycles. The van der Waals surface area contributed by atoms with Crippen LogP contribution in [0.2, 0.25) is 5.02 Å². The van der Waals surface area contributed by atoms with Crippen LogP contribution in [0.5, 0.6) is 0 Å². The molecule has 1 rings (SSSR count). The Labute approximate surface area is 115 Å². The maximum atomic E-state index is 13.5. The summed E-state index contributed by atoms with van der Waals surface area (Å²) in [5.74, 6) is -1.27. The minimum atomic E-state index is -0.736. The van der Waals surface area contributed by atoms with E-state index in [0.29, 0.717) is 0 Å². The van der Waals surface area contributed by atoms with Crippen molar-refractivity contribution in [3.05, 3.63) is 53.0 Å². The maximum absolute atomic E-state index is 13.5. The van der Waals surface area contributed by atoms with Crippen LogP contribution in [0.4, 0.5) is 4.39 Å². The molecule has 0 spiro atoms. The van der Waals surface area contributed by atoms with Crippen molar-refractivity contribution in [1.29, 1.82) is 0 Å². The van der Waals surface area contributed by atoms with E-state index < -0.39 is 17.8 Å².